The molecule has 0 spiro atoms. The molecule has 3 rings (SSSR count). The van der Waals surface area contributed by atoms with Crippen molar-refractivity contribution in [1.29, 1.82) is 0 Å². The van der Waals surface area contributed by atoms with Gasteiger partial charge in [0.05, 0.1) is 17.2 Å². The van der Waals surface area contributed by atoms with Crippen LogP contribution in [0.4, 0.5) is 0 Å². The number of carbonyl (C=O) groups excluding carboxylic acids is 2. The Kier molecular flexibility index (Phi) is 5.13. The lowest BCUT2D eigenvalue weighted by Gasteiger charge is -2.12. The average Bonchev–Trinajstić information content (AvgIpc) is 3.12. The summed E-state index contributed by atoms with van der Waals surface area (Å²) in [5, 5.41) is 2.79. The second-order valence-corrected chi connectivity index (χ2v) is 6.16. The molecule has 1 amide bonds. The molecule has 1 heterocycles. The van der Waals surface area contributed by atoms with E-state index in [1.165, 1.54) is 11.3 Å². The maximum absolute atomic E-state index is 12.6. The normalized spacial score (nSPS) is 11.7. The van der Waals surface area contributed by atoms with Crippen molar-refractivity contribution in [3.8, 4) is 11.3 Å². The van der Waals surface area contributed by atoms with Gasteiger partial charge >= 0.3 is 0 Å². The Morgan fingerprint density at radius 2 is 1.75 bits per heavy atom. The third-order valence-electron chi connectivity index (χ3n) is 3.60. The summed E-state index contributed by atoms with van der Waals surface area (Å²) in [5.41, 5.74) is 4.17. The van der Waals surface area contributed by atoms with Gasteiger partial charge in [-0.1, -0.05) is 60.7 Å². The molecule has 0 aliphatic rings. The van der Waals surface area contributed by atoms with Crippen LogP contribution in [-0.4, -0.2) is 23.2 Å². The molecule has 1 atom stereocenters. The van der Waals surface area contributed by atoms with Gasteiger partial charge in [-0.25, -0.2) is 4.98 Å². The topological polar surface area (TPSA) is 59.1 Å². The largest absolute Gasteiger partial charge is 0.341 e. The maximum atomic E-state index is 12.6. The van der Waals surface area contributed by atoms with Crippen LogP contribution in [0.3, 0.4) is 0 Å². The summed E-state index contributed by atoms with van der Waals surface area (Å²) in [6.07, 6.45) is 1.24. The Labute approximate surface area is 144 Å². The highest BCUT2D eigenvalue weighted by Gasteiger charge is 2.19. The van der Waals surface area contributed by atoms with E-state index in [0.717, 1.165) is 17.4 Å². The first-order valence-electron chi connectivity index (χ1n) is 7.57. The molecule has 0 bridgehead atoms. The first-order valence-corrected chi connectivity index (χ1v) is 8.45. The smallest absolute Gasteiger partial charge is 0.264 e. The SMILES string of the molecule is O=C[C@H](Cc1ccccc1)NC(=O)c1scnc1-c1ccccc1. The third kappa shape index (κ3) is 3.75. The van der Waals surface area contributed by atoms with Crippen molar-refractivity contribution in [2.24, 2.45) is 0 Å². The number of nitrogens with zero attached hydrogens (tertiary/aromatic N) is 1. The van der Waals surface area contributed by atoms with Crippen molar-refractivity contribution < 1.29 is 9.59 Å². The van der Waals surface area contributed by atoms with Crippen LogP contribution >= 0.6 is 11.3 Å². The zero-order chi connectivity index (χ0) is 16.8. The number of amides is 1. The van der Waals surface area contributed by atoms with Crippen LogP contribution in [0.1, 0.15) is 15.2 Å². The monoisotopic (exact) mass is 336 g/mol. The maximum Gasteiger partial charge on any atom is 0.264 e. The number of nitrogens with one attached hydrogen (secondary N) is 1. The zero-order valence-corrected chi connectivity index (χ0v) is 13.7. The number of rotatable bonds is 6. The van der Waals surface area contributed by atoms with Crippen molar-refractivity contribution in [2.45, 2.75) is 12.5 Å². The molecule has 0 fully saturated rings. The molecule has 1 N–H and O–H groups in total. The van der Waals surface area contributed by atoms with Crippen LogP contribution in [0.5, 0.6) is 0 Å². The highest BCUT2D eigenvalue weighted by molar-refractivity contribution is 7.12. The highest BCUT2D eigenvalue weighted by Crippen LogP contribution is 2.25. The molecule has 2 aromatic carbocycles. The van der Waals surface area contributed by atoms with Crippen LogP contribution in [0.25, 0.3) is 11.3 Å². The van der Waals surface area contributed by atoms with Crippen LogP contribution < -0.4 is 5.32 Å². The van der Waals surface area contributed by atoms with Crippen LogP contribution in [0.15, 0.2) is 66.2 Å². The fraction of sp³-hybridized carbons (Fsp3) is 0.105. The number of aromatic nitrogens is 1. The summed E-state index contributed by atoms with van der Waals surface area (Å²) in [5.74, 6) is -0.274. The Morgan fingerprint density at radius 3 is 2.42 bits per heavy atom. The van der Waals surface area contributed by atoms with Gasteiger partial charge in [0.25, 0.3) is 5.91 Å². The van der Waals surface area contributed by atoms with Crippen LogP contribution in [0, 0.1) is 0 Å². The van der Waals surface area contributed by atoms with E-state index >= 15 is 0 Å². The fourth-order valence-corrected chi connectivity index (χ4v) is 3.16. The second-order valence-electron chi connectivity index (χ2n) is 5.30. The lowest BCUT2D eigenvalue weighted by molar-refractivity contribution is -0.109. The van der Waals surface area contributed by atoms with E-state index in [2.05, 4.69) is 10.3 Å². The van der Waals surface area contributed by atoms with E-state index < -0.39 is 6.04 Å². The summed E-state index contributed by atoms with van der Waals surface area (Å²) in [7, 11) is 0. The second kappa shape index (κ2) is 7.66. The molecule has 24 heavy (non-hydrogen) atoms. The first-order chi connectivity index (χ1) is 11.8. The lowest BCUT2D eigenvalue weighted by atomic mass is 10.1. The van der Waals surface area contributed by atoms with Gasteiger partial charge in [-0.3, -0.25) is 4.79 Å². The predicted molar refractivity (Wildman–Crippen MR) is 95.0 cm³/mol. The molecule has 0 saturated carbocycles. The van der Waals surface area contributed by atoms with Gasteiger partial charge in [0, 0.05) is 5.56 Å². The molecule has 0 aliphatic carbocycles. The number of benzene rings is 2. The summed E-state index contributed by atoms with van der Waals surface area (Å²) in [4.78, 5) is 28.7. The van der Waals surface area contributed by atoms with Gasteiger partial charge in [0.2, 0.25) is 0 Å². The minimum atomic E-state index is -0.564. The zero-order valence-electron chi connectivity index (χ0n) is 12.9. The molecule has 0 aliphatic heterocycles. The molecule has 1 aromatic heterocycles. The Morgan fingerprint density at radius 1 is 1.08 bits per heavy atom. The van der Waals surface area contributed by atoms with Crippen molar-refractivity contribution >= 4 is 23.5 Å². The molecule has 4 nitrogen and oxygen atoms in total. The van der Waals surface area contributed by atoms with E-state index in [9.17, 15) is 9.59 Å². The van der Waals surface area contributed by atoms with E-state index in [-0.39, 0.29) is 5.91 Å². The highest BCUT2D eigenvalue weighted by atomic mass is 32.1. The Balaban J connectivity index is 1.75. The molecule has 5 heteroatoms. The van der Waals surface area contributed by atoms with Crippen LogP contribution in [-0.2, 0) is 11.2 Å². The van der Waals surface area contributed by atoms with Crippen LogP contribution in [0.2, 0.25) is 0 Å². The van der Waals surface area contributed by atoms with Gasteiger partial charge in [-0.05, 0) is 12.0 Å². The average molecular weight is 336 g/mol. The minimum Gasteiger partial charge on any atom is -0.341 e. The van der Waals surface area contributed by atoms with Crippen molar-refractivity contribution in [3.05, 3.63) is 76.6 Å². The molecular weight excluding hydrogens is 320 g/mol. The summed E-state index contributed by atoms with van der Waals surface area (Å²) >= 11 is 1.27. The summed E-state index contributed by atoms with van der Waals surface area (Å²) in [6, 6.07) is 18.6. The van der Waals surface area contributed by atoms with E-state index in [1.807, 2.05) is 60.7 Å². The van der Waals surface area contributed by atoms with Gasteiger partial charge in [-0.15, -0.1) is 11.3 Å². The molecule has 120 valence electrons. The summed E-state index contributed by atoms with van der Waals surface area (Å²) in [6.45, 7) is 0. The number of carbonyl (C=O) groups is 2. The third-order valence-corrected chi connectivity index (χ3v) is 4.43. The Hall–Kier alpha value is -2.79. The van der Waals surface area contributed by atoms with Gasteiger partial charge in [-0.2, -0.15) is 0 Å². The van der Waals surface area contributed by atoms with E-state index in [1.54, 1.807) is 5.51 Å². The van der Waals surface area contributed by atoms with E-state index in [0.29, 0.717) is 17.0 Å². The first kappa shape index (κ1) is 16.1. The molecule has 0 unspecified atom stereocenters. The lowest BCUT2D eigenvalue weighted by Crippen LogP contribution is -2.37. The number of hydrogen-bond donors (Lipinski definition) is 1. The number of aldehydes is 1. The molecular formula is C19H16N2O2S. The Bertz CT molecular complexity index is 816. The van der Waals surface area contributed by atoms with Gasteiger partial charge in [0.1, 0.15) is 11.2 Å². The van der Waals surface area contributed by atoms with Crippen molar-refractivity contribution in [1.82, 2.24) is 10.3 Å². The van der Waals surface area contributed by atoms with Crippen molar-refractivity contribution in [2.75, 3.05) is 0 Å². The van der Waals surface area contributed by atoms with Gasteiger partial charge in [0.15, 0.2) is 0 Å². The molecule has 3 aromatic rings. The molecule has 0 radical (unpaired) electrons. The van der Waals surface area contributed by atoms with E-state index in [4.69, 9.17) is 0 Å². The van der Waals surface area contributed by atoms with Gasteiger partial charge < -0.3 is 10.1 Å². The number of hydrogen-bond acceptors (Lipinski definition) is 4. The summed E-state index contributed by atoms with van der Waals surface area (Å²) < 4.78 is 0. The predicted octanol–water partition coefficient (Wildman–Crippen LogP) is 3.35. The van der Waals surface area contributed by atoms with Crippen molar-refractivity contribution in [3.63, 3.8) is 0 Å². The minimum absolute atomic E-state index is 0.274. The fourth-order valence-electron chi connectivity index (χ4n) is 2.44. The standard InChI is InChI=1S/C19H16N2O2S/c22-12-16(11-14-7-3-1-4-8-14)21-19(23)18-17(20-13-24-18)15-9-5-2-6-10-15/h1-10,12-13,16H,11H2,(H,21,23)/t16-/m0/s1. The molecule has 0 saturated heterocycles. The number of thiazole rings is 1. The quantitative estimate of drug-likeness (QED) is 0.702.